The van der Waals surface area contributed by atoms with E-state index in [0.29, 0.717) is 17.1 Å². The first-order valence-corrected chi connectivity index (χ1v) is 8.42. The van der Waals surface area contributed by atoms with E-state index in [-0.39, 0.29) is 25.3 Å². The summed E-state index contributed by atoms with van der Waals surface area (Å²) in [5, 5.41) is 3.05. The van der Waals surface area contributed by atoms with Gasteiger partial charge in [-0.25, -0.2) is 4.79 Å². The predicted molar refractivity (Wildman–Crippen MR) is 84.3 cm³/mol. The van der Waals surface area contributed by atoms with Gasteiger partial charge in [0.25, 0.3) is 11.8 Å². The van der Waals surface area contributed by atoms with Crippen LogP contribution in [0, 0.1) is 0 Å². The van der Waals surface area contributed by atoms with Crippen LogP contribution >= 0.6 is 0 Å². The van der Waals surface area contributed by atoms with Gasteiger partial charge in [-0.3, -0.25) is 19.3 Å². The maximum absolute atomic E-state index is 12.2. The molecule has 0 bridgehead atoms. The average molecular weight is 343 g/mol. The van der Waals surface area contributed by atoms with E-state index in [2.05, 4.69) is 24.1 Å². The highest BCUT2D eigenvalue weighted by Gasteiger charge is 2.34. The second kappa shape index (κ2) is 7.74. The zero-order valence-corrected chi connectivity index (χ0v) is 14.4. The molecule has 0 spiro atoms. The lowest BCUT2D eigenvalue weighted by atomic mass is 10.3. The van der Waals surface area contributed by atoms with Crippen LogP contribution in [0.5, 0.6) is 0 Å². The van der Waals surface area contributed by atoms with Crippen molar-refractivity contribution in [2.45, 2.75) is 71.0 Å². The number of imide groups is 1. The molecule has 0 aliphatic carbocycles. The van der Waals surface area contributed by atoms with E-state index in [0.717, 1.165) is 19.3 Å². The molecule has 2 fully saturated rings. The molecule has 0 radical (unpaired) electrons. The molecule has 0 aromatic rings. The Balaban J connectivity index is 1.83. The summed E-state index contributed by atoms with van der Waals surface area (Å²) in [5.74, 6) is -2.18. The fourth-order valence-electron chi connectivity index (χ4n) is 3.13. The Bertz CT molecular complexity index is 510. The Morgan fingerprint density at radius 1 is 1.17 bits per heavy atom. The SMILES string of the molecule is C[13CH]1CCC[13CH](C)[15N]1CC(=O)NC([13CH3])C(=O)ON1C(=O)CCC1=O. The Labute approximate surface area is 141 Å². The zero-order valence-electron chi connectivity index (χ0n) is 14.4. The molecule has 24 heavy (non-hydrogen) atoms. The Hall–Kier alpha value is -1.96. The fourth-order valence-corrected chi connectivity index (χ4v) is 3.13. The molecule has 8 heteroatoms. The number of nitrogens with one attached hydrogen (secondary N) is 1. The van der Waals surface area contributed by atoms with E-state index in [1.165, 1.54) is 6.92 Å². The van der Waals surface area contributed by atoms with Crippen LogP contribution in [0.3, 0.4) is 0 Å². The van der Waals surface area contributed by atoms with E-state index in [1.54, 1.807) is 0 Å². The third kappa shape index (κ3) is 4.31. The normalized spacial score (nSPS) is 26.4. The van der Waals surface area contributed by atoms with E-state index in [1.807, 2.05) is 0 Å². The van der Waals surface area contributed by atoms with Crippen LogP contribution in [-0.2, 0) is 24.0 Å². The number of rotatable bonds is 5. The Kier molecular flexibility index (Phi) is 5.93. The molecule has 134 valence electrons. The molecule has 2 aliphatic heterocycles. The number of piperidine rings is 1. The van der Waals surface area contributed by atoms with Crippen molar-refractivity contribution in [1.29, 1.82) is 0 Å². The summed E-state index contributed by atoms with van der Waals surface area (Å²) >= 11 is 0. The summed E-state index contributed by atoms with van der Waals surface area (Å²) in [6.45, 7) is 5.85. The van der Waals surface area contributed by atoms with Crippen molar-refractivity contribution in [3.05, 3.63) is 0 Å². The third-order valence-electron chi connectivity index (χ3n) is 4.62. The molecular formula is C16H25N3O5. The monoisotopic (exact) mass is 343 g/mol. The van der Waals surface area contributed by atoms with Gasteiger partial charge >= 0.3 is 5.97 Å². The van der Waals surface area contributed by atoms with Crippen molar-refractivity contribution < 1.29 is 24.0 Å². The molecule has 2 aliphatic rings. The van der Waals surface area contributed by atoms with Crippen molar-refractivity contribution >= 4 is 23.7 Å². The van der Waals surface area contributed by atoms with Crippen LogP contribution in [0.4, 0.5) is 0 Å². The highest BCUT2D eigenvalue weighted by molar-refractivity contribution is 6.01. The predicted octanol–water partition coefficient (Wildman–Crippen LogP) is 0.361. The minimum absolute atomic E-state index is 0.0393. The van der Waals surface area contributed by atoms with Gasteiger partial charge in [-0.15, -0.1) is 5.06 Å². The fraction of sp³-hybridized carbons (Fsp3) is 0.750. The molecule has 2 heterocycles. The summed E-state index contributed by atoms with van der Waals surface area (Å²) in [6.07, 6.45) is 3.33. The first-order valence-electron chi connectivity index (χ1n) is 8.42. The van der Waals surface area contributed by atoms with Crippen LogP contribution in [0.15, 0.2) is 0 Å². The van der Waals surface area contributed by atoms with Crippen molar-refractivity contribution in [3.63, 3.8) is 0 Å². The van der Waals surface area contributed by atoms with Gasteiger partial charge in [0.05, 0.1) is 6.54 Å². The molecule has 1 N–H and O–H groups in total. The number of carbonyl (C=O) groups excluding carboxylic acids is 4. The molecule has 0 aromatic carbocycles. The number of carbonyl (C=O) groups is 4. The number of hydroxylamine groups is 2. The Morgan fingerprint density at radius 3 is 2.25 bits per heavy atom. The minimum atomic E-state index is -0.936. The van der Waals surface area contributed by atoms with Crippen LogP contribution < -0.4 is 5.32 Å². The molecule has 0 aromatic heterocycles. The molecule has 8 nitrogen and oxygen atoms in total. The lowest BCUT2D eigenvalue weighted by molar-refractivity contribution is -0.198. The molecular weight excluding hydrogens is 318 g/mol. The molecule has 3 amide bonds. The highest BCUT2D eigenvalue weighted by Crippen LogP contribution is 2.21. The number of hydrogen-bond donors (Lipinski definition) is 1. The number of likely N-dealkylation sites (tertiary alicyclic amines) is 1. The average Bonchev–Trinajstić information content (AvgIpc) is 2.83. The van der Waals surface area contributed by atoms with Gasteiger partial charge in [-0.1, -0.05) is 6.42 Å². The molecule has 0 saturated carbocycles. The summed E-state index contributed by atoms with van der Waals surface area (Å²) in [7, 11) is 0. The van der Waals surface area contributed by atoms with Gasteiger partial charge in [0, 0.05) is 24.9 Å². The molecule has 3 unspecified atom stereocenters. The maximum atomic E-state index is 12.2. The summed E-state index contributed by atoms with van der Waals surface area (Å²) in [6, 6.07) is -0.294. The lowest BCUT2D eigenvalue weighted by Crippen LogP contribution is -2.51. The van der Waals surface area contributed by atoms with E-state index < -0.39 is 23.8 Å². The van der Waals surface area contributed by atoms with Crippen molar-refractivity contribution in [2.24, 2.45) is 0 Å². The second-order valence-electron chi connectivity index (χ2n) is 6.58. The van der Waals surface area contributed by atoms with Crippen LogP contribution in [-0.4, -0.2) is 58.3 Å². The number of amides is 3. The molecule has 2 rings (SSSR count). The van der Waals surface area contributed by atoms with Gasteiger partial charge in [0.1, 0.15) is 6.04 Å². The lowest BCUT2D eigenvalue weighted by Gasteiger charge is -2.38. The van der Waals surface area contributed by atoms with Gasteiger partial charge in [-0.2, -0.15) is 0 Å². The topological polar surface area (TPSA) is 96.0 Å². The first kappa shape index (κ1) is 18.4. The Morgan fingerprint density at radius 2 is 1.71 bits per heavy atom. The summed E-state index contributed by atoms with van der Waals surface area (Å²) < 4.78 is 0. The van der Waals surface area contributed by atoms with E-state index in [4.69, 9.17) is 4.84 Å². The minimum Gasteiger partial charge on any atom is -0.342 e. The quantitative estimate of drug-likeness (QED) is 0.440. The van der Waals surface area contributed by atoms with E-state index >= 15 is 0 Å². The molecule has 3 atom stereocenters. The first-order chi connectivity index (χ1) is 11.3. The van der Waals surface area contributed by atoms with Gasteiger partial charge < -0.3 is 10.2 Å². The summed E-state index contributed by atoms with van der Waals surface area (Å²) in [4.78, 5) is 53.9. The van der Waals surface area contributed by atoms with Crippen molar-refractivity contribution in [3.8, 4) is 0 Å². The van der Waals surface area contributed by atoms with Crippen LogP contribution in [0.2, 0.25) is 0 Å². The number of hydrogen-bond acceptors (Lipinski definition) is 6. The largest absolute Gasteiger partial charge is 0.354 e. The van der Waals surface area contributed by atoms with Gasteiger partial charge in [0.15, 0.2) is 0 Å². The molecule has 2 saturated heterocycles. The summed E-state index contributed by atoms with van der Waals surface area (Å²) in [5.41, 5.74) is 0. The van der Waals surface area contributed by atoms with Gasteiger partial charge in [0.2, 0.25) is 5.91 Å². The standard InChI is InChI=1S/C16H25N3O5/c1-10-5-4-6-11(2)18(10)9-13(20)17-12(3)16(23)24-19-14(21)7-8-15(19)22/h10-12H,4-9H2,1-3H3,(H,17,20)/i3+1,10+1,11+1,18+1. The second-order valence-corrected chi connectivity index (χ2v) is 6.58. The smallest absolute Gasteiger partial charge is 0.342 e. The van der Waals surface area contributed by atoms with Crippen molar-refractivity contribution in [1.82, 2.24) is 15.3 Å². The third-order valence-corrected chi connectivity index (χ3v) is 4.62. The van der Waals surface area contributed by atoms with Crippen LogP contribution in [0.25, 0.3) is 0 Å². The van der Waals surface area contributed by atoms with Gasteiger partial charge in [-0.05, 0) is 33.6 Å². The van der Waals surface area contributed by atoms with E-state index in [9.17, 15) is 19.2 Å². The van der Waals surface area contributed by atoms with Crippen LogP contribution in [0.1, 0.15) is 52.9 Å². The number of nitrogens with zero attached hydrogens (tertiary/aromatic N) is 2. The zero-order chi connectivity index (χ0) is 17.9. The maximum Gasteiger partial charge on any atom is 0.354 e. The highest BCUT2D eigenvalue weighted by atomic mass is 16.7. The van der Waals surface area contributed by atoms with Crippen molar-refractivity contribution in [2.75, 3.05) is 6.54 Å².